The number of likely N-dealkylation sites (tertiary alicyclic amines) is 1. The number of hydrogen-bond donors (Lipinski definition) is 0. The second kappa shape index (κ2) is 7.09. The molecule has 1 saturated heterocycles. The van der Waals surface area contributed by atoms with Gasteiger partial charge in [-0.15, -0.1) is 0 Å². The van der Waals surface area contributed by atoms with Crippen LogP contribution in [0.15, 0.2) is 42.6 Å². The van der Waals surface area contributed by atoms with E-state index in [1.165, 1.54) is 11.1 Å². The molecule has 0 saturated carbocycles. The number of nitrogens with zero attached hydrogens (tertiary/aromatic N) is 2. The fourth-order valence-corrected chi connectivity index (χ4v) is 3.52. The van der Waals surface area contributed by atoms with Gasteiger partial charge in [0, 0.05) is 18.8 Å². The molecule has 3 nitrogen and oxygen atoms in total. The molecule has 2 atom stereocenters. The third-order valence-electron chi connectivity index (χ3n) is 4.74. The van der Waals surface area contributed by atoms with Gasteiger partial charge in [0.05, 0.1) is 7.11 Å². The van der Waals surface area contributed by atoms with E-state index < -0.39 is 0 Å². The normalized spacial score (nSPS) is 22.0. The first-order valence-corrected chi connectivity index (χ1v) is 8.08. The van der Waals surface area contributed by atoms with Gasteiger partial charge in [-0.05, 0) is 61.5 Å². The molecule has 2 aromatic rings. The Morgan fingerprint density at radius 2 is 2.00 bits per heavy atom. The third-order valence-corrected chi connectivity index (χ3v) is 4.74. The minimum atomic E-state index is -0.169. The first kappa shape index (κ1) is 15.9. The van der Waals surface area contributed by atoms with Crippen molar-refractivity contribution >= 4 is 0 Å². The first-order chi connectivity index (χ1) is 11.2. The maximum atomic E-state index is 13.2. The highest BCUT2D eigenvalue weighted by atomic mass is 19.1. The topological polar surface area (TPSA) is 25.4 Å². The number of aromatic nitrogens is 1. The van der Waals surface area contributed by atoms with Gasteiger partial charge in [0.25, 0.3) is 0 Å². The Hall–Kier alpha value is -1.94. The number of halogens is 1. The lowest BCUT2D eigenvalue weighted by Gasteiger charge is -2.37. The summed E-state index contributed by atoms with van der Waals surface area (Å²) in [5, 5.41) is 0. The molecule has 0 N–H and O–H groups in total. The lowest BCUT2D eigenvalue weighted by Crippen LogP contribution is -2.38. The van der Waals surface area contributed by atoms with Gasteiger partial charge in [-0.3, -0.25) is 0 Å². The SMILES string of the molecule is COc1ccc(C[C@@H]2CN(C)CC[C@H]2c2ccc(F)cc2)cn1. The van der Waals surface area contributed by atoms with Crippen LogP contribution in [0.4, 0.5) is 4.39 Å². The average Bonchev–Trinajstić information content (AvgIpc) is 2.57. The van der Waals surface area contributed by atoms with Crippen molar-refractivity contribution in [1.82, 2.24) is 9.88 Å². The van der Waals surface area contributed by atoms with E-state index >= 15 is 0 Å². The number of piperidine rings is 1. The Kier molecular flexibility index (Phi) is 4.91. The van der Waals surface area contributed by atoms with Crippen LogP contribution in [0.2, 0.25) is 0 Å². The molecule has 23 heavy (non-hydrogen) atoms. The highest BCUT2D eigenvalue weighted by molar-refractivity contribution is 5.24. The molecule has 1 aliphatic rings. The van der Waals surface area contributed by atoms with E-state index in [2.05, 4.69) is 23.0 Å². The molecule has 0 amide bonds. The number of pyridine rings is 1. The molecular weight excluding hydrogens is 291 g/mol. The zero-order chi connectivity index (χ0) is 16.2. The fourth-order valence-electron chi connectivity index (χ4n) is 3.52. The maximum Gasteiger partial charge on any atom is 0.212 e. The molecule has 1 aromatic heterocycles. The summed E-state index contributed by atoms with van der Waals surface area (Å²) in [5.41, 5.74) is 2.46. The summed E-state index contributed by atoms with van der Waals surface area (Å²) >= 11 is 0. The van der Waals surface area contributed by atoms with Crippen molar-refractivity contribution in [2.45, 2.75) is 18.8 Å². The van der Waals surface area contributed by atoms with E-state index in [-0.39, 0.29) is 5.82 Å². The Labute approximate surface area is 137 Å². The van der Waals surface area contributed by atoms with E-state index in [1.54, 1.807) is 19.2 Å². The van der Waals surface area contributed by atoms with Crippen LogP contribution >= 0.6 is 0 Å². The second-order valence-corrected chi connectivity index (χ2v) is 6.38. The first-order valence-electron chi connectivity index (χ1n) is 8.08. The van der Waals surface area contributed by atoms with Crippen LogP contribution in [0.5, 0.6) is 5.88 Å². The predicted molar refractivity (Wildman–Crippen MR) is 89.2 cm³/mol. The summed E-state index contributed by atoms with van der Waals surface area (Å²) in [6.45, 7) is 2.13. The average molecular weight is 314 g/mol. The fraction of sp³-hybridized carbons (Fsp3) is 0.421. The highest BCUT2D eigenvalue weighted by Gasteiger charge is 2.29. The minimum absolute atomic E-state index is 0.169. The van der Waals surface area contributed by atoms with Crippen LogP contribution in [0.1, 0.15) is 23.5 Å². The smallest absolute Gasteiger partial charge is 0.212 e. The summed E-state index contributed by atoms with van der Waals surface area (Å²) in [6, 6.07) is 11.0. The number of hydrogen-bond acceptors (Lipinski definition) is 3. The zero-order valence-corrected chi connectivity index (χ0v) is 13.7. The van der Waals surface area contributed by atoms with E-state index in [1.807, 2.05) is 24.4 Å². The van der Waals surface area contributed by atoms with Gasteiger partial charge < -0.3 is 9.64 Å². The molecule has 0 spiro atoms. The summed E-state index contributed by atoms with van der Waals surface area (Å²) < 4.78 is 18.3. The lowest BCUT2D eigenvalue weighted by atomic mass is 9.78. The van der Waals surface area contributed by atoms with Gasteiger partial charge in [0.2, 0.25) is 5.88 Å². The van der Waals surface area contributed by atoms with Crippen molar-refractivity contribution in [1.29, 1.82) is 0 Å². The van der Waals surface area contributed by atoms with Crippen LogP contribution in [-0.4, -0.2) is 37.1 Å². The molecule has 0 unspecified atom stereocenters. The number of methoxy groups -OCH3 is 1. The molecule has 122 valence electrons. The molecule has 0 aliphatic carbocycles. The third kappa shape index (κ3) is 3.88. The van der Waals surface area contributed by atoms with E-state index in [0.717, 1.165) is 25.9 Å². The predicted octanol–water partition coefficient (Wildman–Crippen LogP) is 3.51. The van der Waals surface area contributed by atoms with Crippen molar-refractivity contribution in [2.24, 2.45) is 5.92 Å². The quantitative estimate of drug-likeness (QED) is 0.863. The number of rotatable bonds is 4. The summed E-state index contributed by atoms with van der Waals surface area (Å²) in [4.78, 5) is 6.68. The van der Waals surface area contributed by atoms with Gasteiger partial charge in [-0.1, -0.05) is 18.2 Å². The van der Waals surface area contributed by atoms with Crippen molar-refractivity contribution in [3.05, 3.63) is 59.5 Å². The van der Waals surface area contributed by atoms with Gasteiger partial charge in [-0.2, -0.15) is 0 Å². The standard InChI is InChI=1S/C19H23FN2O/c1-22-10-9-18(15-4-6-17(20)7-5-15)16(13-22)11-14-3-8-19(23-2)21-12-14/h3-8,12,16,18H,9-11,13H2,1-2H3/t16-,18+/m1/s1. The van der Waals surface area contributed by atoms with Gasteiger partial charge in [-0.25, -0.2) is 9.37 Å². The van der Waals surface area contributed by atoms with Crippen molar-refractivity contribution in [3.63, 3.8) is 0 Å². The Bertz CT molecular complexity index is 627. The molecule has 1 aromatic carbocycles. The molecule has 0 radical (unpaired) electrons. The maximum absolute atomic E-state index is 13.2. The minimum Gasteiger partial charge on any atom is -0.481 e. The molecular formula is C19H23FN2O. The zero-order valence-electron chi connectivity index (χ0n) is 13.7. The van der Waals surface area contributed by atoms with E-state index in [9.17, 15) is 4.39 Å². The Balaban J connectivity index is 1.78. The summed E-state index contributed by atoms with van der Waals surface area (Å²) in [7, 11) is 3.79. The van der Waals surface area contributed by atoms with Crippen LogP contribution < -0.4 is 4.74 Å². The van der Waals surface area contributed by atoms with Crippen molar-refractivity contribution < 1.29 is 9.13 Å². The Morgan fingerprint density at radius 1 is 1.22 bits per heavy atom. The number of ether oxygens (including phenoxy) is 1. The molecule has 1 aliphatic heterocycles. The monoisotopic (exact) mass is 314 g/mol. The highest BCUT2D eigenvalue weighted by Crippen LogP contribution is 2.34. The molecule has 3 rings (SSSR count). The summed E-state index contributed by atoms with van der Waals surface area (Å²) in [6.07, 6.45) is 3.98. The van der Waals surface area contributed by atoms with Crippen LogP contribution in [0, 0.1) is 11.7 Å². The van der Waals surface area contributed by atoms with Crippen LogP contribution in [-0.2, 0) is 6.42 Å². The molecule has 2 heterocycles. The van der Waals surface area contributed by atoms with Crippen LogP contribution in [0.3, 0.4) is 0 Å². The second-order valence-electron chi connectivity index (χ2n) is 6.38. The van der Waals surface area contributed by atoms with Crippen molar-refractivity contribution in [3.8, 4) is 5.88 Å². The van der Waals surface area contributed by atoms with Gasteiger partial charge >= 0.3 is 0 Å². The van der Waals surface area contributed by atoms with E-state index in [4.69, 9.17) is 4.74 Å². The molecule has 4 heteroatoms. The van der Waals surface area contributed by atoms with Gasteiger partial charge in [0.15, 0.2) is 0 Å². The number of benzene rings is 1. The Morgan fingerprint density at radius 3 is 2.65 bits per heavy atom. The van der Waals surface area contributed by atoms with Gasteiger partial charge in [0.1, 0.15) is 5.82 Å². The molecule has 1 fully saturated rings. The van der Waals surface area contributed by atoms with Crippen molar-refractivity contribution in [2.75, 3.05) is 27.2 Å². The summed E-state index contributed by atoms with van der Waals surface area (Å²) in [5.74, 6) is 1.45. The lowest BCUT2D eigenvalue weighted by molar-refractivity contribution is 0.183. The van der Waals surface area contributed by atoms with E-state index in [0.29, 0.717) is 17.7 Å². The largest absolute Gasteiger partial charge is 0.481 e. The molecule has 0 bridgehead atoms. The van der Waals surface area contributed by atoms with Crippen LogP contribution in [0.25, 0.3) is 0 Å².